The number of aliphatic hydroxyl groups excluding tert-OH is 2. The monoisotopic (exact) mass is 435 g/mol. The summed E-state index contributed by atoms with van der Waals surface area (Å²) in [6.07, 6.45) is 3.37. The Morgan fingerprint density at radius 1 is 1.06 bits per heavy atom. The molecule has 0 unspecified atom stereocenters. The molecule has 0 aliphatic carbocycles. The van der Waals surface area contributed by atoms with Crippen LogP contribution < -0.4 is 0 Å². The first-order valence-corrected chi connectivity index (χ1v) is 9.51. The number of fused-ring (bicyclic) bond motifs is 1. The molecule has 164 valence electrons. The second-order valence-corrected chi connectivity index (χ2v) is 7.30. The normalized spacial score (nSPS) is 14.3. The van der Waals surface area contributed by atoms with Crippen LogP contribution in [0.4, 0.5) is 13.2 Å². The number of hydrogen-bond acceptors (Lipinski definition) is 6. The van der Waals surface area contributed by atoms with Crippen LogP contribution >= 0.6 is 0 Å². The van der Waals surface area contributed by atoms with Gasteiger partial charge in [-0.3, -0.25) is 9.36 Å². The summed E-state index contributed by atoms with van der Waals surface area (Å²) in [6, 6.07) is 0.901. The summed E-state index contributed by atoms with van der Waals surface area (Å²) >= 11 is 0. The molecule has 0 saturated heterocycles. The van der Waals surface area contributed by atoms with Crippen LogP contribution in [0.2, 0.25) is 0 Å². The van der Waals surface area contributed by atoms with Gasteiger partial charge in [0.1, 0.15) is 0 Å². The lowest BCUT2D eigenvalue weighted by atomic mass is 10.2. The minimum absolute atomic E-state index is 0.122. The smallest absolute Gasteiger partial charge is 0.391 e. The lowest BCUT2D eigenvalue weighted by molar-refractivity contribution is -0.142. The Labute approximate surface area is 174 Å². The maximum Gasteiger partial charge on any atom is 0.391 e. The molecule has 0 aliphatic rings. The van der Waals surface area contributed by atoms with Crippen LogP contribution in [0, 0.1) is 0 Å². The van der Waals surface area contributed by atoms with E-state index in [1.807, 2.05) is 0 Å². The third-order valence-corrected chi connectivity index (χ3v) is 4.78. The molecule has 0 aliphatic heterocycles. The summed E-state index contributed by atoms with van der Waals surface area (Å²) in [7, 11) is 0. The van der Waals surface area contributed by atoms with E-state index in [1.165, 1.54) is 28.7 Å². The predicted octanol–water partition coefficient (Wildman–Crippen LogP) is 2.32. The number of hydrogen-bond donors (Lipinski definition) is 2. The van der Waals surface area contributed by atoms with Crippen molar-refractivity contribution in [2.45, 2.75) is 38.2 Å². The van der Waals surface area contributed by atoms with Crippen molar-refractivity contribution in [2.24, 2.45) is 0 Å². The van der Waals surface area contributed by atoms with Crippen LogP contribution in [0.15, 0.2) is 43.2 Å². The van der Waals surface area contributed by atoms with Gasteiger partial charge >= 0.3 is 6.18 Å². The molecule has 4 rings (SSSR count). The number of nitrogens with zero attached hydrogens (tertiary/aromatic N) is 7. The topological polar surface area (TPSA) is 106 Å². The molecular weight excluding hydrogens is 415 g/mol. The first-order valence-electron chi connectivity index (χ1n) is 9.51. The SMILES string of the molecule is C[C@@H](CC(F)(F)F)n1cc(-c2nc(-c3cnn(C[C@@H](O)CO)c3)cn3nccc23)cn1. The molecule has 9 nitrogen and oxygen atoms in total. The van der Waals surface area contributed by atoms with Gasteiger partial charge in [-0.25, -0.2) is 9.50 Å². The Bertz CT molecular complexity index is 1180. The van der Waals surface area contributed by atoms with Crippen molar-refractivity contribution in [1.29, 1.82) is 0 Å². The average Bonchev–Trinajstić information content (AvgIpc) is 3.45. The van der Waals surface area contributed by atoms with Gasteiger partial charge in [-0.1, -0.05) is 0 Å². The van der Waals surface area contributed by atoms with Crippen LogP contribution in [-0.4, -0.2) is 63.3 Å². The number of aromatic nitrogens is 7. The Morgan fingerprint density at radius 3 is 2.58 bits per heavy atom. The van der Waals surface area contributed by atoms with Crippen molar-refractivity contribution in [1.82, 2.24) is 34.2 Å². The average molecular weight is 435 g/mol. The Kier molecular flexibility index (Phi) is 5.50. The molecule has 0 spiro atoms. The highest BCUT2D eigenvalue weighted by Crippen LogP contribution is 2.30. The molecule has 0 radical (unpaired) electrons. The highest BCUT2D eigenvalue weighted by Gasteiger charge is 2.31. The van der Waals surface area contributed by atoms with Crippen molar-refractivity contribution in [3.63, 3.8) is 0 Å². The van der Waals surface area contributed by atoms with E-state index in [-0.39, 0.29) is 13.2 Å². The van der Waals surface area contributed by atoms with Gasteiger partial charge in [0.2, 0.25) is 0 Å². The van der Waals surface area contributed by atoms with Crippen molar-refractivity contribution >= 4 is 5.52 Å². The van der Waals surface area contributed by atoms with E-state index in [0.29, 0.717) is 28.0 Å². The summed E-state index contributed by atoms with van der Waals surface area (Å²) in [6.45, 7) is 1.20. The van der Waals surface area contributed by atoms with Gasteiger partial charge in [-0.15, -0.1) is 0 Å². The molecule has 0 fully saturated rings. The Morgan fingerprint density at radius 2 is 1.84 bits per heavy atom. The molecule has 31 heavy (non-hydrogen) atoms. The van der Waals surface area contributed by atoms with Gasteiger partial charge in [0.25, 0.3) is 0 Å². The molecule has 0 amide bonds. The maximum atomic E-state index is 12.7. The predicted molar refractivity (Wildman–Crippen MR) is 104 cm³/mol. The van der Waals surface area contributed by atoms with E-state index in [9.17, 15) is 18.3 Å². The maximum absolute atomic E-state index is 12.7. The Balaban J connectivity index is 1.69. The number of alkyl halides is 3. The molecule has 4 heterocycles. The van der Waals surface area contributed by atoms with Crippen molar-refractivity contribution in [2.75, 3.05) is 6.61 Å². The summed E-state index contributed by atoms with van der Waals surface area (Å²) < 4.78 is 42.6. The zero-order chi connectivity index (χ0) is 22.2. The van der Waals surface area contributed by atoms with Gasteiger partial charge in [0.15, 0.2) is 0 Å². The number of aliphatic hydroxyl groups is 2. The fraction of sp³-hybridized carbons (Fsp3) is 0.368. The molecule has 0 saturated carbocycles. The number of rotatable bonds is 7. The highest BCUT2D eigenvalue weighted by atomic mass is 19.4. The summed E-state index contributed by atoms with van der Waals surface area (Å²) in [5, 5.41) is 31.1. The summed E-state index contributed by atoms with van der Waals surface area (Å²) in [5.41, 5.74) is 2.94. The van der Waals surface area contributed by atoms with Crippen molar-refractivity contribution in [3.8, 4) is 22.5 Å². The van der Waals surface area contributed by atoms with E-state index in [4.69, 9.17) is 5.11 Å². The van der Waals surface area contributed by atoms with E-state index < -0.39 is 24.7 Å². The van der Waals surface area contributed by atoms with E-state index in [1.54, 1.807) is 35.4 Å². The fourth-order valence-electron chi connectivity index (χ4n) is 3.28. The third kappa shape index (κ3) is 4.59. The quantitative estimate of drug-likeness (QED) is 0.462. The lowest BCUT2D eigenvalue weighted by Crippen LogP contribution is -2.19. The molecule has 4 aromatic rings. The van der Waals surface area contributed by atoms with Crippen molar-refractivity contribution < 1.29 is 23.4 Å². The molecule has 4 aromatic heterocycles. The van der Waals surface area contributed by atoms with Crippen LogP contribution in [0.5, 0.6) is 0 Å². The van der Waals surface area contributed by atoms with Gasteiger partial charge < -0.3 is 10.2 Å². The van der Waals surface area contributed by atoms with Crippen LogP contribution in [0.3, 0.4) is 0 Å². The molecule has 2 N–H and O–H groups in total. The second kappa shape index (κ2) is 8.12. The Hall–Kier alpha value is -3.25. The van der Waals surface area contributed by atoms with Gasteiger partial charge in [0, 0.05) is 23.5 Å². The van der Waals surface area contributed by atoms with Gasteiger partial charge in [-0.05, 0) is 13.0 Å². The molecule has 0 aromatic carbocycles. The molecular formula is C19H20F3N7O2. The zero-order valence-corrected chi connectivity index (χ0v) is 16.5. The lowest BCUT2D eigenvalue weighted by Gasteiger charge is -2.14. The molecule has 0 bridgehead atoms. The number of halogens is 3. The minimum Gasteiger partial charge on any atom is -0.394 e. The minimum atomic E-state index is -4.29. The van der Waals surface area contributed by atoms with Crippen LogP contribution in [-0.2, 0) is 6.54 Å². The standard InChI is InChI=1S/C19H20F3N7O2/c1-12(4-19(20,21)22)28-8-14(6-25-28)18-17-2-3-23-29(17)10-16(26-18)13-5-24-27(7-13)9-15(31)11-30/h2-3,5-8,10,12,15,30-31H,4,9,11H2,1H3/t12-,15+/m0/s1. The third-order valence-electron chi connectivity index (χ3n) is 4.78. The first-order chi connectivity index (χ1) is 14.7. The van der Waals surface area contributed by atoms with Gasteiger partial charge in [0.05, 0.1) is 73.4 Å². The second-order valence-electron chi connectivity index (χ2n) is 7.30. The fourth-order valence-corrected chi connectivity index (χ4v) is 3.28. The van der Waals surface area contributed by atoms with E-state index >= 15 is 0 Å². The summed E-state index contributed by atoms with van der Waals surface area (Å²) in [5.74, 6) is 0. The van der Waals surface area contributed by atoms with Gasteiger partial charge in [-0.2, -0.15) is 28.5 Å². The van der Waals surface area contributed by atoms with Crippen LogP contribution in [0.25, 0.3) is 28.0 Å². The highest BCUT2D eigenvalue weighted by molar-refractivity contribution is 5.78. The zero-order valence-electron chi connectivity index (χ0n) is 16.5. The molecule has 12 heteroatoms. The van der Waals surface area contributed by atoms with E-state index in [0.717, 1.165) is 0 Å². The molecule has 2 atom stereocenters. The first kappa shape index (κ1) is 21.0. The van der Waals surface area contributed by atoms with Crippen molar-refractivity contribution in [3.05, 3.63) is 43.2 Å². The van der Waals surface area contributed by atoms with Crippen LogP contribution in [0.1, 0.15) is 19.4 Å². The largest absolute Gasteiger partial charge is 0.394 e. The summed E-state index contributed by atoms with van der Waals surface area (Å²) in [4.78, 5) is 4.67. The van der Waals surface area contributed by atoms with E-state index in [2.05, 4.69) is 20.3 Å².